The van der Waals surface area contributed by atoms with Gasteiger partial charge in [-0.25, -0.2) is 4.98 Å². The van der Waals surface area contributed by atoms with E-state index in [4.69, 9.17) is 16.0 Å². The maximum absolute atomic E-state index is 6.54. The van der Waals surface area contributed by atoms with E-state index < -0.39 is 0 Å². The molecule has 2 N–H and O–H groups in total. The van der Waals surface area contributed by atoms with Gasteiger partial charge in [0.25, 0.3) is 0 Å². The first-order valence-corrected chi connectivity index (χ1v) is 10.4. The van der Waals surface area contributed by atoms with Gasteiger partial charge in [-0.05, 0) is 73.0 Å². The van der Waals surface area contributed by atoms with Crippen LogP contribution in [-0.4, -0.2) is 18.1 Å². The Bertz CT molecular complexity index is 1150. The first kappa shape index (κ1) is 18.2. The van der Waals surface area contributed by atoms with Gasteiger partial charge in [-0.15, -0.1) is 0 Å². The number of anilines is 1. The highest BCUT2D eigenvalue weighted by atomic mass is 35.5. The third kappa shape index (κ3) is 3.74. The van der Waals surface area contributed by atoms with Crippen LogP contribution in [0.1, 0.15) is 16.7 Å². The highest BCUT2D eigenvalue weighted by Crippen LogP contribution is 2.31. The number of hydrogen-bond donors (Lipinski definition) is 2. The lowest BCUT2D eigenvalue weighted by Crippen LogP contribution is -2.16. The van der Waals surface area contributed by atoms with Gasteiger partial charge in [-0.3, -0.25) is 0 Å². The molecule has 1 aliphatic rings. The number of oxazole rings is 1. The molecule has 4 aromatic rings. The SMILES string of the molecule is Clc1ccc2c(c1NCc1ccc3nc(-c4ccccc4)oc3c1)CCNCC2. The summed E-state index contributed by atoms with van der Waals surface area (Å²) in [6, 6.07) is 20.3. The molecule has 146 valence electrons. The van der Waals surface area contributed by atoms with Crippen molar-refractivity contribution in [2.45, 2.75) is 19.4 Å². The molecule has 3 aromatic carbocycles. The molecule has 0 fully saturated rings. The fourth-order valence-electron chi connectivity index (χ4n) is 3.91. The second-order valence-electron chi connectivity index (χ2n) is 7.35. The van der Waals surface area contributed by atoms with Crippen molar-refractivity contribution in [3.05, 3.63) is 82.4 Å². The summed E-state index contributed by atoms with van der Waals surface area (Å²) in [5.74, 6) is 0.648. The van der Waals surface area contributed by atoms with Crippen molar-refractivity contribution in [2.24, 2.45) is 0 Å². The number of hydrogen-bond acceptors (Lipinski definition) is 4. The van der Waals surface area contributed by atoms with E-state index in [-0.39, 0.29) is 0 Å². The molecule has 5 rings (SSSR count). The van der Waals surface area contributed by atoms with Gasteiger partial charge in [0.1, 0.15) is 5.52 Å². The summed E-state index contributed by atoms with van der Waals surface area (Å²) in [6.45, 7) is 2.68. The lowest BCUT2D eigenvalue weighted by Gasteiger charge is -2.16. The zero-order valence-corrected chi connectivity index (χ0v) is 16.8. The van der Waals surface area contributed by atoms with Crippen molar-refractivity contribution in [3.8, 4) is 11.5 Å². The molecule has 0 unspecified atom stereocenters. The standard InChI is InChI=1S/C24H22ClN3O/c25-20-8-7-17-10-12-26-13-11-19(17)23(20)27-15-16-6-9-21-22(14-16)29-24(28-21)18-4-2-1-3-5-18/h1-9,14,26-27H,10-13,15H2. The van der Waals surface area contributed by atoms with Crippen LogP contribution in [-0.2, 0) is 19.4 Å². The van der Waals surface area contributed by atoms with Crippen molar-refractivity contribution in [1.29, 1.82) is 0 Å². The van der Waals surface area contributed by atoms with E-state index in [2.05, 4.69) is 33.8 Å². The molecular formula is C24H22ClN3O. The number of nitrogens with one attached hydrogen (secondary N) is 2. The number of aromatic nitrogens is 1. The van der Waals surface area contributed by atoms with Crippen LogP contribution in [0.2, 0.25) is 5.02 Å². The van der Waals surface area contributed by atoms with Gasteiger partial charge >= 0.3 is 0 Å². The fourth-order valence-corrected chi connectivity index (χ4v) is 4.15. The van der Waals surface area contributed by atoms with Crippen molar-refractivity contribution in [3.63, 3.8) is 0 Å². The molecule has 0 bridgehead atoms. The quantitative estimate of drug-likeness (QED) is 0.475. The maximum Gasteiger partial charge on any atom is 0.227 e. The Morgan fingerprint density at radius 2 is 1.86 bits per heavy atom. The van der Waals surface area contributed by atoms with Crippen LogP contribution in [0, 0.1) is 0 Å². The van der Waals surface area contributed by atoms with E-state index in [1.165, 1.54) is 11.1 Å². The van der Waals surface area contributed by atoms with Crippen molar-refractivity contribution in [2.75, 3.05) is 18.4 Å². The Kier molecular flexibility index (Phi) is 4.96. The Morgan fingerprint density at radius 1 is 1.00 bits per heavy atom. The van der Waals surface area contributed by atoms with E-state index in [0.29, 0.717) is 12.4 Å². The molecule has 1 aliphatic heterocycles. The number of fused-ring (bicyclic) bond motifs is 2. The average Bonchev–Trinajstić information content (AvgIpc) is 3.03. The summed E-state index contributed by atoms with van der Waals surface area (Å²) >= 11 is 6.54. The van der Waals surface area contributed by atoms with E-state index in [1.54, 1.807) is 0 Å². The molecule has 5 heteroatoms. The summed E-state index contributed by atoms with van der Waals surface area (Å²) in [6.07, 6.45) is 2.02. The minimum atomic E-state index is 0.648. The molecule has 29 heavy (non-hydrogen) atoms. The molecule has 2 heterocycles. The lowest BCUT2D eigenvalue weighted by atomic mass is 10.0. The topological polar surface area (TPSA) is 50.1 Å². The van der Waals surface area contributed by atoms with Crippen LogP contribution in [0.15, 0.2) is 65.1 Å². The monoisotopic (exact) mass is 403 g/mol. The van der Waals surface area contributed by atoms with Crippen molar-refractivity contribution >= 4 is 28.4 Å². The third-order valence-corrected chi connectivity index (χ3v) is 5.74. The minimum Gasteiger partial charge on any atom is -0.436 e. The largest absolute Gasteiger partial charge is 0.436 e. The lowest BCUT2D eigenvalue weighted by molar-refractivity contribution is 0.619. The Morgan fingerprint density at radius 3 is 2.76 bits per heavy atom. The highest BCUT2D eigenvalue weighted by molar-refractivity contribution is 6.33. The van der Waals surface area contributed by atoms with Crippen LogP contribution in [0.5, 0.6) is 0 Å². The van der Waals surface area contributed by atoms with Crippen LogP contribution in [0.25, 0.3) is 22.6 Å². The second kappa shape index (κ2) is 7.90. The van der Waals surface area contributed by atoms with Crippen LogP contribution in [0.3, 0.4) is 0 Å². The minimum absolute atomic E-state index is 0.648. The summed E-state index contributed by atoms with van der Waals surface area (Å²) in [7, 11) is 0. The van der Waals surface area contributed by atoms with Crippen LogP contribution < -0.4 is 10.6 Å². The third-order valence-electron chi connectivity index (χ3n) is 5.42. The maximum atomic E-state index is 6.54. The molecular weight excluding hydrogens is 382 g/mol. The zero-order valence-electron chi connectivity index (χ0n) is 16.0. The van der Waals surface area contributed by atoms with Gasteiger partial charge in [-0.1, -0.05) is 41.9 Å². The first-order valence-electron chi connectivity index (χ1n) is 9.98. The fraction of sp³-hybridized carbons (Fsp3) is 0.208. The zero-order chi connectivity index (χ0) is 19.6. The molecule has 0 amide bonds. The van der Waals surface area contributed by atoms with Gasteiger partial charge in [0, 0.05) is 12.1 Å². The van der Waals surface area contributed by atoms with E-state index in [0.717, 1.165) is 58.9 Å². The van der Waals surface area contributed by atoms with Gasteiger partial charge in [-0.2, -0.15) is 0 Å². The molecule has 0 spiro atoms. The predicted molar refractivity (Wildman–Crippen MR) is 119 cm³/mol. The molecule has 1 aromatic heterocycles. The summed E-state index contributed by atoms with van der Waals surface area (Å²) in [5, 5.41) is 7.80. The molecule has 0 radical (unpaired) electrons. The van der Waals surface area contributed by atoms with Gasteiger partial charge in [0.2, 0.25) is 5.89 Å². The summed E-state index contributed by atoms with van der Waals surface area (Å²) in [4.78, 5) is 4.61. The first-order chi connectivity index (χ1) is 14.3. The second-order valence-corrected chi connectivity index (χ2v) is 7.76. The summed E-state index contributed by atoms with van der Waals surface area (Å²) < 4.78 is 6.00. The van der Waals surface area contributed by atoms with E-state index >= 15 is 0 Å². The molecule has 0 saturated carbocycles. The number of benzene rings is 3. The number of halogens is 1. The Labute approximate surface area is 174 Å². The summed E-state index contributed by atoms with van der Waals surface area (Å²) in [5.41, 5.74) is 7.53. The predicted octanol–water partition coefficient (Wildman–Crippen LogP) is 5.45. The van der Waals surface area contributed by atoms with Crippen LogP contribution in [0.4, 0.5) is 5.69 Å². The van der Waals surface area contributed by atoms with E-state index in [1.807, 2.05) is 42.5 Å². The van der Waals surface area contributed by atoms with Gasteiger partial charge in [0.15, 0.2) is 5.58 Å². The van der Waals surface area contributed by atoms with Gasteiger partial charge < -0.3 is 15.1 Å². The normalized spacial score (nSPS) is 13.8. The molecule has 4 nitrogen and oxygen atoms in total. The Balaban J connectivity index is 1.40. The smallest absolute Gasteiger partial charge is 0.227 e. The highest BCUT2D eigenvalue weighted by Gasteiger charge is 2.15. The van der Waals surface area contributed by atoms with Crippen molar-refractivity contribution < 1.29 is 4.42 Å². The Hall–Kier alpha value is -2.82. The van der Waals surface area contributed by atoms with Gasteiger partial charge in [0.05, 0.1) is 10.7 Å². The molecule has 0 atom stereocenters. The number of rotatable bonds is 4. The molecule has 0 saturated heterocycles. The molecule has 0 aliphatic carbocycles. The number of nitrogens with zero attached hydrogens (tertiary/aromatic N) is 1. The van der Waals surface area contributed by atoms with Crippen LogP contribution >= 0.6 is 11.6 Å². The van der Waals surface area contributed by atoms with Crippen molar-refractivity contribution in [1.82, 2.24) is 10.3 Å². The average molecular weight is 404 g/mol. The van der Waals surface area contributed by atoms with E-state index in [9.17, 15) is 0 Å².